The SMILES string of the molecule is CCCCCCCCCCCCCCCCCC(=O)NCc1cccc[n+]1C.[Cl-]. The van der Waals surface area contributed by atoms with Crippen LogP contribution in [-0.2, 0) is 18.4 Å². The number of carbonyl (C=O) groups excluding carboxylic acids is 1. The van der Waals surface area contributed by atoms with Gasteiger partial charge in [0, 0.05) is 18.6 Å². The highest BCUT2D eigenvalue weighted by molar-refractivity contribution is 5.75. The van der Waals surface area contributed by atoms with E-state index in [2.05, 4.69) is 12.2 Å². The molecule has 1 amide bonds. The third-order valence-electron chi connectivity index (χ3n) is 5.64. The van der Waals surface area contributed by atoms with Gasteiger partial charge in [-0.25, -0.2) is 4.57 Å². The summed E-state index contributed by atoms with van der Waals surface area (Å²) in [4.78, 5) is 11.9. The Bertz CT molecular complexity index is 507. The predicted molar refractivity (Wildman–Crippen MR) is 119 cm³/mol. The zero-order valence-electron chi connectivity index (χ0n) is 19.1. The number of aryl methyl sites for hydroxylation is 1. The van der Waals surface area contributed by atoms with Crippen LogP contribution in [0.3, 0.4) is 0 Å². The number of carbonyl (C=O) groups is 1. The normalized spacial score (nSPS) is 10.6. The topological polar surface area (TPSA) is 33.0 Å². The Hall–Kier alpha value is -1.09. The summed E-state index contributed by atoms with van der Waals surface area (Å²) in [6, 6.07) is 6.06. The van der Waals surface area contributed by atoms with E-state index < -0.39 is 0 Å². The van der Waals surface area contributed by atoms with Crippen LogP contribution in [-0.4, -0.2) is 5.91 Å². The van der Waals surface area contributed by atoms with E-state index in [4.69, 9.17) is 0 Å². The van der Waals surface area contributed by atoms with Crippen molar-refractivity contribution in [3.05, 3.63) is 30.1 Å². The average Bonchev–Trinajstić information content (AvgIpc) is 2.70. The quantitative estimate of drug-likeness (QED) is 0.284. The molecule has 29 heavy (non-hydrogen) atoms. The molecule has 0 saturated heterocycles. The first kappa shape index (κ1) is 27.9. The lowest BCUT2D eigenvalue weighted by Gasteiger charge is -2.05. The van der Waals surface area contributed by atoms with Crippen molar-refractivity contribution in [2.45, 2.75) is 116 Å². The van der Waals surface area contributed by atoms with E-state index in [1.165, 1.54) is 89.9 Å². The van der Waals surface area contributed by atoms with Crippen molar-refractivity contribution in [1.29, 1.82) is 0 Å². The number of amides is 1. The third-order valence-corrected chi connectivity index (χ3v) is 5.64. The van der Waals surface area contributed by atoms with Crippen LogP contribution < -0.4 is 22.3 Å². The van der Waals surface area contributed by atoms with Crippen LogP contribution >= 0.6 is 0 Å². The maximum Gasteiger partial charge on any atom is 0.220 e. The van der Waals surface area contributed by atoms with Gasteiger partial charge >= 0.3 is 0 Å². The van der Waals surface area contributed by atoms with Crippen molar-refractivity contribution in [3.63, 3.8) is 0 Å². The molecule has 0 atom stereocenters. The fourth-order valence-electron chi connectivity index (χ4n) is 3.68. The molecule has 0 aromatic carbocycles. The molecule has 0 aliphatic heterocycles. The van der Waals surface area contributed by atoms with Crippen LogP contribution in [0.15, 0.2) is 24.4 Å². The minimum atomic E-state index is 0. The summed E-state index contributed by atoms with van der Waals surface area (Å²) in [6.45, 7) is 2.90. The molecule has 0 saturated carbocycles. The fraction of sp³-hybridized carbons (Fsp3) is 0.760. The van der Waals surface area contributed by atoms with Gasteiger partial charge in [0.2, 0.25) is 5.91 Å². The summed E-state index contributed by atoms with van der Waals surface area (Å²) in [5.74, 6) is 0.179. The number of nitrogens with one attached hydrogen (secondary N) is 1. The molecule has 0 spiro atoms. The van der Waals surface area contributed by atoms with Gasteiger partial charge in [-0.3, -0.25) is 4.79 Å². The molecule has 4 heteroatoms. The molecule has 0 fully saturated rings. The summed E-state index contributed by atoms with van der Waals surface area (Å²) in [6.07, 6.45) is 23.0. The lowest BCUT2D eigenvalue weighted by Crippen LogP contribution is -3.00. The number of nitrogens with zero attached hydrogens (tertiary/aromatic N) is 1. The van der Waals surface area contributed by atoms with E-state index in [9.17, 15) is 4.79 Å². The minimum absolute atomic E-state index is 0. The van der Waals surface area contributed by atoms with Gasteiger partial charge in [0.1, 0.15) is 13.6 Å². The van der Waals surface area contributed by atoms with Crippen LogP contribution in [0.5, 0.6) is 0 Å². The van der Waals surface area contributed by atoms with Crippen LogP contribution in [0.4, 0.5) is 0 Å². The number of halogens is 1. The van der Waals surface area contributed by atoms with Crippen molar-refractivity contribution >= 4 is 5.91 Å². The van der Waals surface area contributed by atoms with Gasteiger partial charge in [-0.15, -0.1) is 0 Å². The second kappa shape index (κ2) is 20.2. The number of hydrogen-bond donors (Lipinski definition) is 1. The van der Waals surface area contributed by atoms with Crippen molar-refractivity contribution in [2.24, 2.45) is 7.05 Å². The van der Waals surface area contributed by atoms with Crippen LogP contribution in [0.1, 0.15) is 115 Å². The molecule has 0 unspecified atom stereocenters. The molecule has 1 aromatic heterocycles. The first-order valence-electron chi connectivity index (χ1n) is 11.9. The van der Waals surface area contributed by atoms with Crippen LogP contribution in [0.25, 0.3) is 0 Å². The van der Waals surface area contributed by atoms with Gasteiger partial charge in [0.25, 0.3) is 0 Å². The van der Waals surface area contributed by atoms with Crippen LogP contribution in [0.2, 0.25) is 0 Å². The van der Waals surface area contributed by atoms with E-state index in [0.717, 1.165) is 12.1 Å². The average molecular weight is 425 g/mol. The second-order valence-corrected chi connectivity index (χ2v) is 8.28. The van der Waals surface area contributed by atoms with E-state index in [1.807, 2.05) is 36.0 Å². The van der Waals surface area contributed by atoms with Gasteiger partial charge in [0.05, 0.1) is 0 Å². The molecule has 0 bridgehead atoms. The van der Waals surface area contributed by atoms with Crippen molar-refractivity contribution < 1.29 is 21.8 Å². The molecule has 1 rings (SSSR count). The molecule has 0 aliphatic rings. The summed E-state index contributed by atoms with van der Waals surface area (Å²) < 4.78 is 2.05. The van der Waals surface area contributed by atoms with Gasteiger partial charge < -0.3 is 17.7 Å². The zero-order chi connectivity index (χ0) is 20.3. The molecule has 1 aromatic rings. The largest absolute Gasteiger partial charge is 1.00 e. The molecule has 0 aliphatic carbocycles. The standard InChI is InChI=1S/C25H44N2O.ClH/c1-3-4-5-6-7-8-9-10-11-12-13-14-15-16-17-21-25(28)26-23-24-20-18-19-22-27(24)2;/h18-20,22H,3-17,21,23H2,1-2H3;1H. The molecular formula is C25H45ClN2O. The number of pyridine rings is 1. The van der Waals surface area contributed by atoms with Gasteiger partial charge in [-0.1, -0.05) is 103 Å². The highest BCUT2D eigenvalue weighted by Crippen LogP contribution is 2.13. The monoisotopic (exact) mass is 424 g/mol. The molecule has 3 nitrogen and oxygen atoms in total. The van der Waals surface area contributed by atoms with E-state index in [1.54, 1.807) is 0 Å². The fourth-order valence-corrected chi connectivity index (χ4v) is 3.68. The first-order chi connectivity index (χ1) is 13.7. The van der Waals surface area contributed by atoms with Gasteiger partial charge in [-0.05, 0) is 6.42 Å². The zero-order valence-corrected chi connectivity index (χ0v) is 19.8. The Morgan fingerprint density at radius 2 is 1.28 bits per heavy atom. The minimum Gasteiger partial charge on any atom is -1.00 e. The molecule has 1 N–H and O–H groups in total. The summed E-state index contributed by atoms with van der Waals surface area (Å²) in [5.41, 5.74) is 1.13. The molecule has 1 heterocycles. The Balaban J connectivity index is 0.00000784. The Morgan fingerprint density at radius 1 is 0.793 bits per heavy atom. The molecule has 168 valence electrons. The number of rotatable bonds is 18. The van der Waals surface area contributed by atoms with E-state index in [-0.39, 0.29) is 18.3 Å². The first-order valence-corrected chi connectivity index (χ1v) is 11.9. The number of aromatic nitrogens is 1. The van der Waals surface area contributed by atoms with Gasteiger partial charge in [0.15, 0.2) is 11.9 Å². The molecular weight excluding hydrogens is 380 g/mol. The summed E-state index contributed by atoms with van der Waals surface area (Å²) in [7, 11) is 2.01. The highest BCUT2D eigenvalue weighted by atomic mass is 35.5. The van der Waals surface area contributed by atoms with Crippen molar-refractivity contribution in [2.75, 3.05) is 0 Å². The summed E-state index contributed by atoms with van der Waals surface area (Å²) >= 11 is 0. The molecule has 0 radical (unpaired) electrons. The Morgan fingerprint density at radius 3 is 1.76 bits per heavy atom. The lowest BCUT2D eigenvalue weighted by molar-refractivity contribution is -0.679. The third kappa shape index (κ3) is 16.4. The summed E-state index contributed by atoms with van der Waals surface area (Å²) in [5, 5.41) is 3.03. The smallest absolute Gasteiger partial charge is 0.220 e. The second-order valence-electron chi connectivity index (χ2n) is 8.28. The predicted octanol–water partition coefficient (Wildman–Crippen LogP) is 3.39. The van der Waals surface area contributed by atoms with Crippen molar-refractivity contribution in [3.8, 4) is 0 Å². The highest BCUT2D eigenvalue weighted by Gasteiger charge is 2.07. The van der Waals surface area contributed by atoms with Crippen LogP contribution in [0, 0.1) is 0 Å². The van der Waals surface area contributed by atoms with E-state index >= 15 is 0 Å². The Labute approximate surface area is 186 Å². The van der Waals surface area contributed by atoms with Crippen molar-refractivity contribution in [1.82, 2.24) is 5.32 Å². The lowest BCUT2D eigenvalue weighted by atomic mass is 10.0. The number of unbranched alkanes of at least 4 members (excludes halogenated alkanes) is 14. The maximum atomic E-state index is 11.9. The Kier molecular flexibility index (Phi) is 19.4. The number of hydrogen-bond acceptors (Lipinski definition) is 1. The maximum absolute atomic E-state index is 11.9. The van der Waals surface area contributed by atoms with E-state index in [0.29, 0.717) is 13.0 Å². The van der Waals surface area contributed by atoms with Gasteiger partial charge in [-0.2, -0.15) is 0 Å².